The molecule has 1 amide bonds. The number of hydrogen-bond acceptors (Lipinski definition) is 6. The zero-order valence-corrected chi connectivity index (χ0v) is 26.5. The molecule has 0 saturated carbocycles. The summed E-state index contributed by atoms with van der Waals surface area (Å²) in [5.41, 5.74) is 6.31. The Morgan fingerprint density at radius 2 is 1.74 bits per heavy atom. The monoisotopic (exact) mass is 580 g/mol. The van der Waals surface area contributed by atoms with Gasteiger partial charge in [0.15, 0.2) is 0 Å². The van der Waals surface area contributed by atoms with Gasteiger partial charge in [-0.05, 0) is 119 Å². The highest BCUT2D eigenvalue weighted by Gasteiger charge is 2.52. The summed E-state index contributed by atoms with van der Waals surface area (Å²) in [7, 11) is -0.404. The lowest BCUT2D eigenvalue weighted by Crippen LogP contribution is -2.46. The number of nitrogens with zero attached hydrogens (tertiary/aromatic N) is 2. The van der Waals surface area contributed by atoms with Gasteiger partial charge >= 0.3 is 13.2 Å². The van der Waals surface area contributed by atoms with E-state index in [1.807, 2.05) is 25.7 Å². The number of aliphatic imine (C=N–C) groups is 1. The SMILES string of the molecule is C[C@H]1CC[C@@H](C2=Nc3ccc4cc5c(cc4c3C2)OCc2cc(B3OC(C)(C)C(C)(C)O3)ccc2-5)N1C(=O)OC(C)(C)C. The van der Waals surface area contributed by atoms with Crippen molar-refractivity contribution in [3.8, 4) is 16.9 Å². The van der Waals surface area contributed by atoms with Crippen LogP contribution in [0.3, 0.4) is 0 Å². The number of carbonyl (C=O) groups excluding carboxylic acids is 1. The first kappa shape index (κ1) is 28.4. The predicted molar refractivity (Wildman–Crippen MR) is 171 cm³/mol. The molecule has 4 aliphatic rings. The van der Waals surface area contributed by atoms with Crippen LogP contribution in [0.4, 0.5) is 10.5 Å². The largest absolute Gasteiger partial charge is 0.494 e. The van der Waals surface area contributed by atoms with Crippen LogP contribution in [-0.4, -0.2) is 52.7 Å². The lowest BCUT2D eigenvalue weighted by Gasteiger charge is -2.32. The van der Waals surface area contributed by atoms with E-state index in [2.05, 4.69) is 77.1 Å². The molecule has 0 bridgehead atoms. The number of hydrogen-bond donors (Lipinski definition) is 0. The van der Waals surface area contributed by atoms with E-state index < -0.39 is 12.7 Å². The topological polar surface area (TPSA) is 69.6 Å². The third-order valence-corrected chi connectivity index (χ3v) is 9.81. The molecule has 2 saturated heterocycles. The van der Waals surface area contributed by atoms with E-state index in [-0.39, 0.29) is 29.4 Å². The van der Waals surface area contributed by atoms with Gasteiger partial charge in [-0.3, -0.25) is 9.89 Å². The Labute approximate surface area is 254 Å². The van der Waals surface area contributed by atoms with Gasteiger partial charge in [0.2, 0.25) is 0 Å². The Bertz CT molecular complexity index is 1670. The average molecular weight is 581 g/mol. The van der Waals surface area contributed by atoms with E-state index in [0.717, 1.165) is 63.8 Å². The average Bonchev–Trinajstić information content (AvgIpc) is 3.59. The minimum Gasteiger partial charge on any atom is -0.488 e. The van der Waals surface area contributed by atoms with Crippen molar-refractivity contribution in [1.29, 1.82) is 0 Å². The molecule has 8 heteroatoms. The van der Waals surface area contributed by atoms with Crippen molar-refractivity contribution in [2.24, 2.45) is 4.99 Å². The second-order valence-electron chi connectivity index (χ2n) is 14.5. The number of carbonyl (C=O) groups is 1. The van der Waals surface area contributed by atoms with Crippen molar-refractivity contribution in [1.82, 2.24) is 4.90 Å². The van der Waals surface area contributed by atoms with Crippen molar-refractivity contribution in [3.05, 3.63) is 53.6 Å². The van der Waals surface area contributed by atoms with Crippen LogP contribution in [0.5, 0.6) is 5.75 Å². The molecule has 0 unspecified atom stereocenters. The summed E-state index contributed by atoms with van der Waals surface area (Å²) >= 11 is 0. The van der Waals surface area contributed by atoms with Crippen LogP contribution in [0.25, 0.3) is 21.9 Å². The lowest BCUT2D eigenvalue weighted by molar-refractivity contribution is 0.00578. The first-order chi connectivity index (χ1) is 20.2. The molecular weight excluding hydrogens is 539 g/mol. The molecule has 7 nitrogen and oxygen atoms in total. The Kier molecular flexibility index (Phi) is 6.33. The number of rotatable bonds is 2. The van der Waals surface area contributed by atoms with E-state index in [9.17, 15) is 4.79 Å². The van der Waals surface area contributed by atoms with Crippen molar-refractivity contribution in [2.45, 2.75) is 110 Å². The van der Waals surface area contributed by atoms with Gasteiger partial charge < -0.3 is 18.8 Å². The molecule has 2 fully saturated rings. The molecule has 3 aromatic carbocycles. The van der Waals surface area contributed by atoms with Gasteiger partial charge in [-0.2, -0.15) is 0 Å². The molecule has 4 aliphatic heterocycles. The number of amides is 1. The third-order valence-electron chi connectivity index (χ3n) is 9.81. The molecule has 224 valence electrons. The van der Waals surface area contributed by atoms with Crippen molar-refractivity contribution in [3.63, 3.8) is 0 Å². The normalized spacial score (nSPS) is 23.5. The van der Waals surface area contributed by atoms with Crippen LogP contribution in [0, 0.1) is 0 Å². The molecule has 0 aliphatic carbocycles. The number of benzene rings is 3. The fourth-order valence-corrected chi connectivity index (χ4v) is 6.80. The number of likely N-dealkylation sites (tertiary alicyclic amines) is 1. The number of ether oxygens (including phenoxy) is 2. The maximum Gasteiger partial charge on any atom is 0.494 e. The molecule has 3 aromatic rings. The Morgan fingerprint density at radius 1 is 1.00 bits per heavy atom. The van der Waals surface area contributed by atoms with Crippen LogP contribution in [0.2, 0.25) is 0 Å². The van der Waals surface area contributed by atoms with Crippen LogP contribution in [0.1, 0.15) is 79.4 Å². The highest BCUT2D eigenvalue weighted by atomic mass is 16.7. The summed E-state index contributed by atoms with van der Waals surface area (Å²) in [6.45, 7) is 16.6. The molecule has 4 heterocycles. The van der Waals surface area contributed by atoms with Crippen LogP contribution in [0.15, 0.2) is 47.5 Å². The standard InChI is InChI=1S/C35H41BN2O5/c1-20-9-14-30(38(20)32(39)41-33(2,3)4)29-17-26-25-18-31-27(16-21(25)10-13-28(26)37-29)24-12-11-23(15-22(24)19-40-31)36-42-34(5,6)35(7,8)43-36/h10-13,15-16,18,20,30H,9,14,17,19H2,1-8H3/t20-,30-/m0/s1. The molecule has 2 atom stereocenters. The first-order valence-corrected chi connectivity index (χ1v) is 15.5. The van der Waals surface area contributed by atoms with Crippen LogP contribution < -0.4 is 10.2 Å². The second kappa shape index (κ2) is 9.57. The van der Waals surface area contributed by atoms with Gasteiger partial charge in [-0.25, -0.2) is 4.79 Å². The molecule has 7 rings (SSSR count). The molecular formula is C35H41BN2O5. The van der Waals surface area contributed by atoms with E-state index in [4.69, 9.17) is 23.8 Å². The van der Waals surface area contributed by atoms with Crippen LogP contribution >= 0.6 is 0 Å². The third kappa shape index (κ3) is 4.74. The summed E-state index contributed by atoms with van der Waals surface area (Å²) < 4.78 is 24.7. The minimum atomic E-state index is -0.536. The summed E-state index contributed by atoms with van der Waals surface area (Å²) in [4.78, 5) is 20.1. The highest BCUT2D eigenvalue weighted by Crippen LogP contribution is 2.44. The quantitative estimate of drug-likeness (QED) is 0.302. The molecule has 0 radical (unpaired) electrons. The van der Waals surface area contributed by atoms with Gasteiger partial charge in [0.1, 0.15) is 18.0 Å². The molecule has 0 spiro atoms. The maximum absolute atomic E-state index is 13.2. The molecule has 0 aromatic heterocycles. The highest BCUT2D eigenvalue weighted by molar-refractivity contribution is 6.62. The van der Waals surface area contributed by atoms with Crippen LogP contribution in [-0.2, 0) is 27.1 Å². The van der Waals surface area contributed by atoms with Crippen molar-refractivity contribution >= 4 is 40.8 Å². The van der Waals surface area contributed by atoms with Gasteiger partial charge in [0, 0.05) is 23.7 Å². The van der Waals surface area contributed by atoms with E-state index in [1.165, 1.54) is 11.1 Å². The van der Waals surface area contributed by atoms with Crippen molar-refractivity contribution in [2.75, 3.05) is 0 Å². The lowest BCUT2D eigenvalue weighted by atomic mass is 9.77. The van der Waals surface area contributed by atoms with Crippen molar-refractivity contribution < 1.29 is 23.6 Å². The summed E-state index contributed by atoms with van der Waals surface area (Å²) in [5.74, 6) is 0.884. The fraction of sp³-hybridized carbons (Fsp3) is 0.486. The molecule has 0 N–H and O–H groups in total. The van der Waals surface area contributed by atoms with Gasteiger partial charge in [-0.1, -0.05) is 24.3 Å². The van der Waals surface area contributed by atoms with E-state index in [0.29, 0.717) is 6.61 Å². The first-order valence-electron chi connectivity index (χ1n) is 15.5. The fourth-order valence-electron chi connectivity index (χ4n) is 6.80. The number of fused-ring (bicyclic) bond motifs is 6. The zero-order chi connectivity index (χ0) is 30.5. The minimum absolute atomic E-state index is 0.0498. The van der Waals surface area contributed by atoms with Gasteiger partial charge in [-0.15, -0.1) is 0 Å². The summed E-state index contributed by atoms with van der Waals surface area (Å²) in [5, 5.41) is 2.31. The smallest absolute Gasteiger partial charge is 0.488 e. The Morgan fingerprint density at radius 3 is 2.47 bits per heavy atom. The summed E-state index contributed by atoms with van der Waals surface area (Å²) in [6.07, 6.45) is 2.30. The zero-order valence-electron chi connectivity index (χ0n) is 26.5. The second-order valence-corrected chi connectivity index (χ2v) is 14.5. The van der Waals surface area contributed by atoms with E-state index >= 15 is 0 Å². The Hall–Kier alpha value is -3.36. The van der Waals surface area contributed by atoms with Gasteiger partial charge in [0.25, 0.3) is 0 Å². The molecule has 43 heavy (non-hydrogen) atoms. The van der Waals surface area contributed by atoms with E-state index in [1.54, 1.807) is 0 Å². The predicted octanol–water partition coefficient (Wildman–Crippen LogP) is 7.12. The summed E-state index contributed by atoms with van der Waals surface area (Å²) in [6, 6.07) is 15.2. The van der Waals surface area contributed by atoms with Gasteiger partial charge in [0.05, 0.1) is 22.9 Å². The maximum atomic E-state index is 13.2. The Balaban J connectivity index is 1.17.